The molecule has 1 fully saturated rings. The molecule has 1 aromatic heterocycles. The van der Waals surface area contributed by atoms with Crippen molar-refractivity contribution in [1.82, 2.24) is 4.98 Å². The molecule has 0 spiro atoms. The lowest BCUT2D eigenvalue weighted by Crippen LogP contribution is -2.29. The fourth-order valence-electron chi connectivity index (χ4n) is 3.88. The van der Waals surface area contributed by atoms with Gasteiger partial charge in [0.1, 0.15) is 23.1 Å². The fraction of sp³-hybridized carbons (Fsp3) is 0.0800. The lowest BCUT2D eigenvalue weighted by Gasteiger charge is -2.23. The van der Waals surface area contributed by atoms with E-state index in [4.69, 9.17) is 4.74 Å². The molecule has 5 rings (SSSR count). The summed E-state index contributed by atoms with van der Waals surface area (Å²) in [5.74, 6) is -2.63. The van der Waals surface area contributed by atoms with E-state index < -0.39 is 35.1 Å². The van der Waals surface area contributed by atoms with Crippen molar-refractivity contribution in [3.63, 3.8) is 0 Å². The van der Waals surface area contributed by atoms with Crippen LogP contribution in [-0.4, -0.2) is 28.9 Å². The van der Waals surface area contributed by atoms with Crippen LogP contribution in [0.3, 0.4) is 0 Å². The SMILES string of the molecule is COc1ccc(C2C(=C(O)c3ccc(F)cc3)C(=O)C(=O)N2c2nc3ccc(F)cc3s2)cc1. The molecule has 170 valence electrons. The number of thiazole rings is 1. The first-order valence-corrected chi connectivity index (χ1v) is 11.0. The Morgan fingerprint density at radius 2 is 1.68 bits per heavy atom. The highest BCUT2D eigenvalue weighted by Crippen LogP contribution is 2.44. The second-order valence-electron chi connectivity index (χ2n) is 7.56. The number of carbonyl (C=O) groups excluding carboxylic acids is 2. The van der Waals surface area contributed by atoms with E-state index in [1.165, 1.54) is 42.3 Å². The number of rotatable bonds is 4. The molecule has 0 saturated carbocycles. The van der Waals surface area contributed by atoms with Gasteiger partial charge in [0, 0.05) is 5.56 Å². The zero-order chi connectivity index (χ0) is 24.0. The topological polar surface area (TPSA) is 79.7 Å². The lowest BCUT2D eigenvalue weighted by atomic mass is 9.95. The number of benzene rings is 3. The summed E-state index contributed by atoms with van der Waals surface area (Å²) in [5, 5.41) is 11.2. The average molecular weight is 478 g/mol. The van der Waals surface area contributed by atoms with Crippen LogP contribution in [0.2, 0.25) is 0 Å². The van der Waals surface area contributed by atoms with Gasteiger partial charge in [0.05, 0.1) is 28.9 Å². The summed E-state index contributed by atoms with van der Waals surface area (Å²) < 4.78 is 32.8. The molecule has 9 heteroatoms. The van der Waals surface area contributed by atoms with Crippen LogP contribution in [0.25, 0.3) is 16.0 Å². The van der Waals surface area contributed by atoms with E-state index in [9.17, 15) is 23.5 Å². The maximum Gasteiger partial charge on any atom is 0.301 e. The second-order valence-corrected chi connectivity index (χ2v) is 8.57. The highest BCUT2D eigenvalue weighted by molar-refractivity contribution is 7.22. The van der Waals surface area contributed by atoms with Crippen LogP contribution in [0.15, 0.2) is 72.3 Å². The zero-order valence-electron chi connectivity index (χ0n) is 17.7. The number of anilines is 1. The summed E-state index contributed by atoms with van der Waals surface area (Å²) in [4.78, 5) is 32.0. The minimum absolute atomic E-state index is 0.160. The van der Waals surface area contributed by atoms with Crippen LogP contribution >= 0.6 is 11.3 Å². The highest BCUT2D eigenvalue weighted by atomic mass is 32.1. The zero-order valence-corrected chi connectivity index (χ0v) is 18.5. The van der Waals surface area contributed by atoms with Crippen LogP contribution in [0.5, 0.6) is 5.75 Å². The van der Waals surface area contributed by atoms with Crippen molar-refractivity contribution in [3.05, 3.63) is 95.1 Å². The maximum absolute atomic E-state index is 13.7. The second kappa shape index (κ2) is 8.35. The number of hydrogen-bond acceptors (Lipinski definition) is 6. The van der Waals surface area contributed by atoms with Crippen molar-refractivity contribution < 1.29 is 28.2 Å². The molecule has 2 heterocycles. The molecule has 1 unspecified atom stereocenters. The van der Waals surface area contributed by atoms with E-state index in [0.29, 0.717) is 21.5 Å². The van der Waals surface area contributed by atoms with Crippen molar-refractivity contribution in [2.75, 3.05) is 12.0 Å². The van der Waals surface area contributed by atoms with Gasteiger partial charge in [0.25, 0.3) is 5.78 Å². The summed E-state index contributed by atoms with van der Waals surface area (Å²) in [6.45, 7) is 0. The van der Waals surface area contributed by atoms with Gasteiger partial charge in [0.15, 0.2) is 5.13 Å². The van der Waals surface area contributed by atoms with E-state index in [0.717, 1.165) is 23.5 Å². The summed E-state index contributed by atoms with van der Waals surface area (Å²) in [6, 6.07) is 14.7. The molecule has 4 aromatic rings. The molecule has 1 aliphatic rings. The minimum atomic E-state index is -1.01. The third kappa shape index (κ3) is 3.60. The molecule has 1 amide bonds. The molecular formula is C25H16F2N2O4S. The Morgan fingerprint density at radius 3 is 2.35 bits per heavy atom. The average Bonchev–Trinajstić information content (AvgIpc) is 3.37. The molecule has 0 bridgehead atoms. The molecular weight excluding hydrogens is 462 g/mol. The molecule has 0 aliphatic carbocycles. The van der Waals surface area contributed by atoms with Gasteiger partial charge in [-0.2, -0.15) is 0 Å². The Kier molecular flexibility index (Phi) is 5.33. The van der Waals surface area contributed by atoms with Crippen LogP contribution in [-0.2, 0) is 9.59 Å². The first kappa shape index (κ1) is 21.7. The maximum atomic E-state index is 13.7. The number of aromatic nitrogens is 1. The Balaban J connectivity index is 1.72. The Labute approximate surface area is 196 Å². The number of nitrogens with zero attached hydrogens (tertiary/aromatic N) is 2. The van der Waals surface area contributed by atoms with Gasteiger partial charge in [-0.1, -0.05) is 23.5 Å². The third-order valence-corrected chi connectivity index (χ3v) is 6.56. The number of ether oxygens (including phenoxy) is 1. The number of aliphatic hydroxyl groups is 1. The Morgan fingerprint density at radius 1 is 1.00 bits per heavy atom. The van der Waals surface area contributed by atoms with Crippen LogP contribution in [0.1, 0.15) is 17.2 Å². The van der Waals surface area contributed by atoms with Crippen LogP contribution < -0.4 is 9.64 Å². The number of hydrogen-bond donors (Lipinski definition) is 1. The van der Waals surface area contributed by atoms with Gasteiger partial charge in [-0.15, -0.1) is 0 Å². The van der Waals surface area contributed by atoms with Crippen molar-refractivity contribution in [3.8, 4) is 5.75 Å². The summed E-state index contributed by atoms with van der Waals surface area (Å²) in [7, 11) is 1.51. The first-order valence-electron chi connectivity index (χ1n) is 10.1. The summed E-state index contributed by atoms with van der Waals surface area (Å²) in [6.07, 6.45) is 0. The third-order valence-electron chi connectivity index (χ3n) is 5.54. The lowest BCUT2D eigenvalue weighted by molar-refractivity contribution is -0.132. The van der Waals surface area contributed by atoms with E-state index in [2.05, 4.69) is 4.98 Å². The summed E-state index contributed by atoms with van der Waals surface area (Å²) >= 11 is 1.06. The van der Waals surface area contributed by atoms with Gasteiger partial charge in [-0.3, -0.25) is 14.5 Å². The van der Waals surface area contributed by atoms with E-state index in [-0.39, 0.29) is 16.3 Å². The number of halogens is 2. The molecule has 0 radical (unpaired) electrons. The van der Waals surface area contributed by atoms with E-state index in [1.54, 1.807) is 24.3 Å². The number of amides is 1. The van der Waals surface area contributed by atoms with Crippen molar-refractivity contribution in [1.29, 1.82) is 0 Å². The van der Waals surface area contributed by atoms with Gasteiger partial charge in [-0.25, -0.2) is 13.8 Å². The molecule has 3 aromatic carbocycles. The van der Waals surface area contributed by atoms with Gasteiger partial charge < -0.3 is 9.84 Å². The monoisotopic (exact) mass is 478 g/mol. The van der Waals surface area contributed by atoms with Crippen molar-refractivity contribution in [2.24, 2.45) is 0 Å². The quantitative estimate of drug-likeness (QED) is 0.248. The van der Waals surface area contributed by atoms with Gasteiger partial charge in [-0.05, 0) is 60.2 Å². The molecule has 34 heavy (non-hydrogen) atoms. The predicted molar refractivity (Wildman–Crippen MR) is 124 cm³/mol. The van der Waals surface area contributed by atoms with Gasteiger partial charge in [0.2, 0.25) is 0 Å². The van der Waals surface area contributed by atoms with Crippen molar-refractivity contribution >= 4 is 44.1 Å². The smallest absolute Gasteiger partial charge is 0.301 e. The van der Waals surface area contributed by atoms with Crippen LogP contribution in [0.4, 0.5) is 13.9 Å². The highest BCUT2D eigenvalue weighted by Gasteiger charge is 2.48. The largest absolute Gasteiger partial charge is 0.507 e. The number of fused-ring (bicyclic) bond motifs is 1. The predicted octanol–water partition coefficient (Wildman–Crippen LogP) is 5.21. The number of aliphatic hydroxyl groups excluding tert-OH is 1. The number of carbonyl (C=O) groups is 2. The normalized spacial score (nSPS) is 17.5. The Bertz CT molecular complexity index is 1460. The molecule has 1 aliphatic heterocycles. The van der Waals surface area contributed by atoms with Crippen molar-refractivity contribution in [2.45, 2.75) is 6.04 Å². The molecule has 1 N–H and O–H groups in total. The molecule has 6 nitrogen and oxygen atoms in total. The minimum Gasteiger partial charge on any atom is -0.507 e. The Hall–Kier alpha value is -4.11. The van der Waals surface area contributed by atoms with Crippen LogP contribution in [0, 0.1) is 11.6 Å². The number of methoxy groups -OCH3 is 1. The summed E-state index contributed by atoms with van der Waals surface area (Å²) in [5.41, 5.74) is 1.01. The molecule has 1 atom stereocenters. The standard InChI is InChI=1S/C25H16F2N2O4S/c1-33-17-9-4-13(5-10-17)21-20(22(30)14-2-6-15(26)7-3-14)23(31)24(32)29(21)25-28-18-11-8-16(27)12-19(18)34-25/h2-12,21,30H,1H3. The van der Waals surface area contributed by atoms with E-state index in [1.807, 2.05) is 0 Å². The number of ketones is 1. The first-order chi connectivity index (χ1) is 16.4. The van der Waals surface area contributed by atoms with E-state index >= 15 is 0 Å². The fourth-order valence-corrected chi connectivity index (χ4v) is 4.90. The number of Topliss-reactive ketones (excluding diaryl/α,β-unsaturated/α-hetero) is 1. The van der Waals surface area contributed by atoms with Gasteiger partial charge >= 0.3 is 5.91 Å². The molecule has 1 saturated heterocycles.